The van der Waals surface area contributed by atoms with E-state index in [1.165, 1.54) is 10.6 Å². The molecule has 6 rings (SSSR count). The molecule has 0 amide bonds. The molecule has 0 bridgehead atoms. The van der Waals surface area contributed by atoms with Gasteiger partial charge < -0.3 is 19.1 Å². The van der Waals surface area contributed by atoms with Crippen molar-refractivity contribution in [2.75, 3.05) is 52.6 Å². The molecule has 6 nitrogen and oxygen atoms in total. The fraction of sp³-hybridized carbons (Fsp3) is 0.303. The summed E-state index contributed by atoms with van der Waals surface area (Å²) in [7, 11) is 0. The van der Waals surface area contributed by atoms with Crippen LogP contribution in [0.15, 0.2) is 108 Å². The van der Waals surface area contributed by atoms with Gasteiger partial charge in [0.15, 0.2) is 0 Å². The van der Waals surface area contributed by atoms with Gasteiger partial charge in [0, 0.05) is 53.6 Å². The van der Waals surface area contributed by atoms with Crippen molar-refractivity contribution >= 4 is 35.0 Å². The largest absolute Gasteiger partial charge is 0.422 e. The maximum absolute atomic E-state index is 13.5. The summed E-state index contributed by atoms with van der Waals surface area (Å²) < 4.78 is 20.4. The van der Waals surface area contributed by atoms with Crippen LogP contribution in [0.4, 0.5) is 0 Å². The molecule has 1 atom stereocenters. The van der Waals surface area contributed by atoms with Crippen molar-refractivity contribution in [1.82, 2.24) is 9.57 Å². The Morgan fingerprint density at radius 1 is 0.707 bits per heavy atom. The molecule has 2 heterocycles. The lowest BCUT2D eigenvalue weighted by Crippen LogP contribution is -2.39. The normalized spacial score (nSPS) is 20.9. The highest BCUT2D eigenvalue weighted by molar-refractivity contribution is 8.19. The number of carbonyl (C=O) groups is 1. The topological polar surface area (TPSA) is 51.2 Å². The molecule has 0 saturated carbocycles. The van der Waals surface area contributed by atoms with Gasteiger partial charge in [-0.2, -0.15) is 0 Å². The van der Waals surface area contributed by atoms with Crippen molar-refractivity contribution in [3.63, 3.8) is 0 Å². The van der Waals surface area contributed by atoms with E-state index in [0.29, 0.717) is 37.8 Å². The van der Waals surface area contributed by atoms with Crippen LogP contribution in [0.5, 0.6) is 0 Å². The van der Waals surface area contributed by atoms with Crippen LogP contribution < -0.4 is 5.30 Å². The lowest BCUT2D eigenvalue weighted by atomic mass is 10.0. The van der Waals surface area contributed by atoms with Crippen LogP contribution >= 0.6 is 6.19 Å². The van der Waals surface area contributed by atoms with E-state index in [-0.39, 0.29) is 5.97 Å². The molecule has 2 fully saturated rings. The maximum Gasteiger partial charge on any atom is 0.343 e. The number of ether oxygens (including phenoxy) is 3. The summed E-state index contributed by atoms with van der Waals surface area (Å²) >= 11 is 6.85. The van der Waals surface area contributed by atoms with Crippen molar-refractivity contribution in [2.24, 2.45) is 0 Å². The fourth-order valence-electron chi connectivity index (χ4n) is 5.90. The van der Waals surface area contributed by atoms with Gasteiger partial charge in [-0.3, -0.25) is 4.67 Å². The monoisotopic (exact) mass is 586 g/mol. The quantitative estimate of drug-likeness (QED) is 0.202. The summed E-state index contributed by atoms with van der Waals surface area (Å²) in [6.07, 6.45) is -0.791. The number of rotatable bonds is 7. The predicted octanol–water partition coefficient (Wildman–Crippen LogP) is 5.64. The van der Waals surface area contributed by atoms with E-state index >= 15 is 0 Å². The van der Waals surface area contributed by atoms with Crippen LogP contribution in [-0.2, 0) is 26.0 Å². The van der Waals surface area contributed by atoms with Crippen molar-refractivity contribution in [2.45, 2.75) is 12.8 Å². The first-order valence-corrected chi connectivity index (χ1v) is 17.0. The van der Waals surface area contributed by atoms with E-state index in [1.54, 1.807) is 12.1 Å². The summed E-state index contributed by atoms with van der Waals surface area (Å²) in [5.74, 6) is 0.259. The van der Waals surface area contributed by atoms with Gasteiger partial charge in [0.25, 0.3) is 0 Å². The van der Waals surface area contributed by atoms with E-state index in [0.717, 1.165) is 55.9 Å². The van der Waals surface area contributed by atoms with E-state index in [2.05, 4.69) is 39.9 Å². The van der Waals surface area contributed by atoms with Crippen molar-refractivity contribution in [3.05, 3.63) is 119 Å². The Balaban J connectivity index is 1.56. The van der Waals surface area contributed by atoms with Crippen LogP contribution in [0.3, 0.4) is 0 Å². The highest BCUT2D eigenvalue weighted by Crippen LogP contribution is 2.63. The number of carbonyl (C=O) groups excluding carboxylic acids is 1. The molecule has 1 aliphatic carbocycles. The molecule has 0 N–H and O–H groups in total. The number of esters is 1. The van der Waals surface area contributed by atoms with Gasteiger partial charge in [-0.1, -0.05) is 90.7 Å². The van der Waals surface area contributed by atoms with Crippen LogP contribution in [0.25, 0.3) is 5.76 Å². The van der Waals surface area contributed by atoms with Gasteiger partial charge in [0.05, 0.1) is 38.2 Å². The molecule has 41 heavy (non-hydrogen) atoms. The third-order valence-corrected chi connectivity index (χ3v) is 13.2. The summed E-state index contributed by atoms with van der Waals surface area (Å²) in [6.45, 7) is 5.81. The molecular weight excluding hydrogens is 551 g/mol. The molecule has 2 aliphatic heterocycles. The van der Waals surface area contributed by atoms with E-state index in [4.69, 9.17) is 26.0 Å². The summed E-state index contributed by atoms with van der Waals surface area (Å²) in [6, 6.07) is 29.8. The third kappa shape index (κ3) is 5.83. The zero-order valence-electron chi connectivity index (χ0n) is 23.1. The third-order valence-electron chi connectivity index (χ3n) is 7.87. The van der Waals surface area contributed by atoms with E-state index in [1.807, 2.05) is 48.5 Å². The average Bonchev–Trinajstić information content (AvgIpc) is 3.50. The summed E-state index contributed by atoms with van der Waals surface area (Å²) in [4.78, 5) is 15.9. The van der Waals surface area contributed by atoms with Crippen LogP contribution in [0.1, 0.15) is 28.8 Å². The van der Waals surface area contributed by atoms with Crippen molar-refractivity contribution in [3.8, 4) is 0 Å². The molecule has 1 unspecified atom stereocenters. The zero-order chi connectivity index (χ0) is 28.1. The number of morpholine rings is 2. The van der Waals surface area contributed by atoms with Crippen LogP contribution in [-0.4, -0.2) is 68.1 Å². The van der Waals surface area contributed by atoms with Gasteiger partial charge in [0.1, 0.15) is 5.76 Å². The second kappa shape index (κ2) is 12.8. The zero-order valence-corrected chi connectivity index (χ0v) is 24.8. The van der Waals surface area contributed by atoms with Crippen LogP contribution in [0.2, 0.25) is 0 Å². The average molecular weight is 587 g/mol. The number of hydrogen-bond donors (Lipinski definition) is 0. The van der Waals surface area contributed by atoms with Gasteiger partial charge in [0.2, 0.25) is 0 Å². The predicted molar refractivity (Wildman–Crippen MR) is 167 cm³/mol. The number of nitrogens with zero attached hydrogens (tertiary/aromatic N) is 2. The fourth-order valence-corrected chi connectivity index (χ4v) is 10.5. The minimum Gasteiger partial charge on any atom is -0.422 e. The van der Waals surface area contributed by atoms with Gasteiger partial charge >= 0.3 is 5.97 Å². The first-order valence-electron chi connectivity index (χ1n) is 14.3. The van der Waals surface area contributed by atoms with Gasteiger partial charge in [-0.25, -0.2) is 4.79 Å². The summed E-state index contributed by atoms with van der Waals surface area (Å²) in [5, 5.41) is 2.49. The first-order chi connectivity index (χ1) is 20.2. The van der Waals surface area contributed by atoms with Gasteiger partial charge in [-0.05, 0) is 25.0 Å². The molecule has 0 aromatic heterocycles. The lowest BCUT2D eigenvalue weighted by Gasteiger charge is -2.41. The molecule has 8 heteroatoms. The Hall–Kier alpha value is -3.06. The van der Waals surface area contributed by atoms with Crippen molar-refractivity contribution in [1.29, 1.82) is 0 Å². The second-order valence-corrected chi connectivity index (χ2v) is 14.7. The Kier molecular flexibility index (Phi) is 8.80. The molecule has 3 aliphatic rings. The SMILES string of the molecule is O=C(OC(=C1CCC(P(=S)(c2ccccc2)N2CCOCC2)=C1N1CCOCC1)c1ccccc1)c1ccccc1. The Morgan fingerprint density at radius 3 is 1.85 bits per heavy atom. The molecule has 3 aromatic rings. The highest BCUT2D eigenvalue weighted by Gasteiger charge is 2.41. The number of benzene rings is 3. The van der Waals surface area contributed by atoms with E-state index in [9.17, 15) is 4.79 Å². The van der Waals surface area contributed by atoms with Gasteiger partial charge in [-0.15, -0.1) is 0 Å². The molecule has 212 valence electrons. The maximum atomic E-state index is 13.5. The minimum absolute atomic E-state index is 0.359. The highest BCUT2D eigenvalue weighted by atomic mass is 32.4. The first kappa shape index (κ1) is 28.1. The molecule has 3 aromatic carbocycles. The Bertz CT molecular complexity index is 1460. The molecule has 2 saturated heterocycles. The number of allylic oxidation sites excluding steroid dienone is 2. The summed E-state index contributed by atoms with van der Waals surface area (Å²) in [5.41, 5.74) is 3.61. The smallest absolute Gasteiger partial charge is 0.343 e. The lowest BCUT2D eigenvalue weighted by molar-refractivity contribution is 0.0543. The minimum atomic E-state index is -2.37. The standard InChI is InChI=1S/C33H35N2O4PS/c36-33(27-12-6-2-7-13-27)39-32(26-10-4-1-5-11-26)29-16-17-30(31(29)34-18-22-37-23-19-34)40(41,28-14-8-3-9-15-28)35-20-24-38-25-21-35/h1-15H,16-25H2. The molecule has 0 spiro atoms. The van der Waals surface area contributed by atoms with Crippen molar-refractivity contribution < 1.29 is 19.0 Å². The molecule has 0 radical (unpaired) electrons. The Morgan fingerprint density at radius 2 is 1.24 bits per heavy atom. The van der Waals surface area contributed by atoms with E-state index < -0.39 is 6.19 Å². The van der Waals surface area contributed by atoms with Crippen LogP contribution in [0, 0.1) is 0 Å². The molecular formula is C33H35N2O4PS. The Labute approximate surface area is 247 Å². The second-order valence-electron chi connectivity index (χ2n) is 10.3. The number of hydrogen-bond acceptors (Lipinski definition) is 6.